The van der Waals surface area contributed by atoms with Crippen molar-refractivity contribution in [1.82, 2.24) is 15.4 Å². The normalized spacial score (nSPS) is 18.6. The molecule has 0 bridgehead atoms. The molecule has 2 aromatic rings. The van der Waals surface area contributed by atoms with Crippen molar-refractivity contribution in [3.8, 4) is 6.07 Å². The Kier molecular flexibility index (Phi) is 1.35. The van der Waals surface area contributed by atoms with Gasteiger partial charge in [0.05, 0.1) is 11.6 Å². The molecule has 2 N–H and O–H groups in total. The van der Waals surface area contributed by atoms with Crippen LogP contribution in [0.25, 0.3) is 11.0 Å². The number of H-pyrrole nitrogens is 1. The first kappa shape index (κ1) is 7.94. The van der Waals surface area contributed by atoms with Crippen LogP contribution in [0, 0.1) is 11.3 Å². The minimum atomic E-state index is -0.729. The summed E-state index contributed by atoms with van der Waals surface area (Å²) in [6, 6.07) is 5.40. The van der Waals surface area contributed by atoms with E-state index in [4.69, 9.17) is 5.26 Å². The van der Waals surface area contributed by atoms with Gasteiger partial charge < -0.3 is 5.32 Å². The monoisotopic (exact) mass is 199 g/mol. The topological polar surface area (TPSA) is 94.5 Å². The van der Waals surface area contributed by atoms with E-state index in [-0.39, 0.29) is 5.91 Å². The van der Waals surface area contributed by atoms with Gasteiger partial charge in [0, 0.05) is 11.3 Å². The van der Waals surface area contributed by atoms with Gasteiger partial charge in [0.25, 0.3) is 0 Å². The molecule has 1 aliphatic rings. The minimum absolute atomic E-state index is 0.284. The van der Waals surface area contributed by atoms with E-state index < -0.39 is 5.92 Å². The molecule has 0 aliphatic carbocycles. The first-order chi connectivity index (χ1) is 7.29. The first-order valence-electron chi connectivity index (χ1n) is 4.35. The van der Waals surface area contributed by atoms with Crippen molar-refractivity contribution in [2.24, 2.45) is 0 Å². The number of carbonyl (C=O) groups is 1. The molecule has 2 heterocycles. The average Bonchev–Trinajstić information content (AvgIpc) is 2.76. The lowest BCUT2D eigenvalue weighted by atomic mass is 10.0. The zero-order valence-corrected chi connectivity index (χ0v) is 7.48. The lowest BCUT2D eigenvalue weighted by molar-refractivity contribution is -0.115. The van der Waals surface area contributed by atoms with Crippen molar-refractivity contribution in [1.29, 1.82) is 5.26 Å². The molecule has 3 rings (SSSR count). The third-order valence-corrected chi connectivity index (χ3v) is 2.46. The third kappa shape index (κ3) is 0.942. The molecule has 0 radical (unpaired) electrons. The molecule has 1 atom stereocenters. The summed E-state index contributed by atoms with van der Waals surface area (Å²) >= 11 is 0. The van der Waals surface area contributed by atoms with Gasteiger partial charge in [-0.05, 0) is 12.1 Å². The highest BCUT2D eigenvalue weighted by Crippen LogP contribution is 2.34. The van der Waals surface area contributed by atoms with Crippen LogP contribution in [0.2, 0.25) is 0 Å². The highest BCUT2D eigenvalue weighted by molar-refractivity contribution is 6.06. The maximum Gasteiger partial charge on any atom is 0.246 e. The number of nitrogens with one attached hydrogen (secondary N) is 2. The van der Waals surface area contributed by atoms with Crippen molar-refractivity contribution in [3.63, 3.8) is 0 Å². The van der Waals surface area contributed by atoms with Gasteiger partial charge in [-0.15, -0.1) is 5.10 Å². The van der Waals surface area contributed by atoms with Gasteiger partial charge in [0.2, 0.25) is 5.91 Å². The molecule has 1 aromatic carbocycles. The maximum atomic E-state index is 11.4. The summed E-state index contributed by atoms with van der Waals surface area (Å²) in [6.07, 6.45) is 0. The molecule has 0 saturated heterocycles. The molecule has 1 aliphatic heterocycles. The number of fused-ring (bicyclic) bond motifs is 2. The van der Waals surface area contributed by atoms with Gasteiger partial charge in [-0.25, -0.2) is 0 Å². The predicted octanol–water partition coefficient (Wildman–Crippen LogP) is 0.517. The second-order valence-corrected chi connectivity index (χ2v) is 3.32. The molecule has 1 unspecified atom stereocenters. The van der Waals surface area contributed by atoms with Gasteiger partial charge in [0.15, 0.2) is 5.92 Å². The number of carbonyl (C=O) groups excluding carboxylic acids is 1. The largest absolute Gasteiger partial charge is 0.324 e. The van der Waals surface area contributed by atoms with Gasteiger partial charge in [-0.1, -0.05) is 5.21 Å². The molecule has 72 valence electrons. The fraction of sp³-hybridized carbons (Fsp3) is 0.111. The number of hydrogen-bond donors (Lipinski definition) is 2. The van der Waals surface area contributed by atoms with Crippen LogP contribution in [-0.2, 0) is 4.79 Å². The number of amides is 1. The molecule has 0 spiro atoms. The number of aromatic nitrogens is 3. The van der Waals surface area contributed by atoms with Crippen molar-refractivity contribution >= 4 is 22.6 Å². The zero-order valence-electron chi connectivity index (χ0n) is 7.48. The number of anilines is 1. The van der Waals surface area contributed by atoms with E-state index in [1.165, 1.54) is 0 Å². The van der Waals surface area contributed by atoms with E-state index in [1.807, 2.05) is 6.07 Å². The summed E-state index contributed by atoms with van der Waals surface area (Å²) in [7, 11) is 0. The Balaban J connectivity index is 2.31. The summed E-state index contributed by atoms with van der Waals surface area (Å²) < 4.78 is 0. The maximum absolute atomic E-state index is 11.4. The fourth-order valence-electron chi connectivity index (χ4n) is 1.73. The lowest BCUT2D eigenvalue weighted by Crippen LogP contribution is -2.09. The number of aromatic amines is 1. The van der Waals surface area contributed by atoms with Gasteiger partial charge in [-0.3, -0.25) is 9.89 Å². The van der Waals surface area contributed by atoms with E-state index in [9.17, 15) is 4.79 Å². The smallest absolute Gasteiger partial charge is 0.246 e. The van der Waals surface area contributed by atoms with Crippen molar-refractivity contribution in [2.45, 2.75) is 5.92 Å². The molecule has 6 heteroatoms. The van der Waals surface area contributed by atoms with Crippen LogP contribution in [0.15, 0.2) is 12.1 Å². The second-order valence-electron chi connectivity index (χ2n) is 3.32. The summed E-state index contributed by atoms with van der Waals surface area (Å²) in [6.45, 7) is 0. The predicted molar refractivity (Wildman–Crippen MR) is 50.9 cm³/mol. The molecular formula is C9H5N5O. The van der Waals surface area contributed by atoms with E-state index in [0.29, 0.717) is 16.8 Å². The van der Waals surface area contributed by atoms with Crippen molar-refractivity contribution < 1.29 is 4.79 Å². The number of rotatable bonds is 0. The average molecular weight is 199 g/mol. The van der Waals surface area contributed by atoms with Crippen LogP contribution >= 0.6 is 0 Å². The quantitative estimate of drug-likeness (QED) is 0.646. The van der Waals surface area contributed by atoms with E-state index >= 15 is 0 Å². The molecule has 6 nitrogen and oxygen atoms in total. The van der Waals surface area contributed by atoms with Gasteiger partial charge >= 0.3 is 0 Å². The van der Waals surface area contributed by atoms with Crippen molar-refractivity contribution in [3.05, 3.63) is 17.7 Å². The summed E-state index contributed by atoms with van der Waals surface area (Å²) in [4.78, 5) is 11.4. The van der Waals surface area contributed by atoms with Crippen molar-refractivity contribution in [2.75, 3.05) is 5.32 Å². The second kappa shape index (κ2) is 2.54. The molecule has 0 fully saturated rings. The molecule has 0 saturated carbocycles. The van der Waals surface area contributed by atoms with E-state index in [2.05, 4.69) is 20.7 Å². The Labute approximate surface area is 83.9 Å². The number of nitrogens with zero attached hydrogens (tertiary/aromatic N) is 3. The number of nitriles is 1. The molecule has 15 heavy (non-hydrogen) atoms. The Morgan fingerprint density at radius 3 is 3.13 bits per heavy atom. The van der Waals surface area contributed by atoms with Gasteiger partial charge in [0.1, 0.15) is 5.52 Å². The molecular weight excluding hydrogens is 194 g/mol. The zero-order chi connectivity index (χ0) is 10.4. The highest BCUT2D eigenvalue weighted by atomic mass is 16.2. The minimum Gasteiger partial charge on any atom is -0.324 e. The van der Waals surface area contributed by atoms with Crippen LogP contribution < -0.4 is 5.32 Å². The molecule has 1 aromatic heterocycles. The fourth-order valence-corrected chi connectivity index (χ4v) is 1.73. The van der Waals surface area contributed by atoms with Crippen LogP contribution in [0.5, 0.6) is 0 Å². The Morgan fingerprint density at radius 2 is 2.33 bits per heavy atom. The Bertz CT molecular complexity index is 608. The third-order valence-electron chi connectivity index (χ3n) is 2.46. The highest BCUT2D eigenvalue weighted by Gasteiger charge is 2.31. The number of benzene rings is 1. The summed E-state index contributed by atoms with van der Waals surface area (Å²) in [5.41, 5.74) is 2.73. The Morgan fingerprint density at radius 1 is 1.47 bits per heavy atom. The SMILES string of the molecule is N#CC1C(=O)Nc2cc3nn[nH]c3cc21. The van der Waals surface area contributed by atoms with Crippen LogP contribution in [-0.4, -0.2) is 21.3 Å². The van der Waals surface area contributed by atoms with Gasteiger partial charge in [-0.2, -0.15) is 5.26 Å². The van der Waals surface area contributed by atoms with Crippen LogP contribution in [0.4, 0.5) is 5.69 Å². The molecule has 1 amide bonds. The summed E-state index contributed by atoms with van der Waals surface area (Å²) in [5.74, 6) is -1.01. The van der Waals surface area contributed by atoms with E-state index in [1.54, 1.807) is 12.1 Å². The van der Waals surface area contributed by atoms with E-state index in [0.717, 1.165) is 5.52 Å². The Hall–Kier alpha value is -2.42. The van der Waals surface area contributed by atoms with Crippen LogP contribution in [0.1, 0.15) is 11.5 Å². The standard InChI is InChI=1S/C9H5N5O/c10-3-5-4-1-7-8(13-14-12-7)2-6(4)11-9(5)15/h1-2,5H,(H,11,15)(H,12,13,14). The summed E-state index contributed by atoms with van der Waals surface area (Å²) in [5, 5.41) is 21.7. The number of hydrogen-bond acceptors (Lipinski definition) is 4. The first-order valence-corrected chi connectivity index (χ1v) is 4.35. The lowest BCUT2D eigenvalue weighted by Gasteiger charge is -1.97. The van der Waals surface area contributed by atoms with Crippen LogP contribution in [0.3, 0.4) is 0 Å².